The first-order valence-electron chi connectivity index (χ1n) is 24.2. The molecule has 0 saturated carbocycles. The van der Waals surface area contributed by atoms with Crippen molar-refractivity contribution in [3.05, 3.63) is 269 Å². The van der Waals surface area contributed by atoms with Crippen LogP contribution in [0.15, 0.2) is 225 Å². The molecule has 0 unspecified atom stereocenters. The minimum Gasteiger partial charge on any atom is -0.310 e. The first kappa shape index (κ1) is 44.9. The first-order chi connectivity index (χ1) is 33.4. The Labute approximate surface area is 409 Å². The second kappa shape index (κ2) is 18.3. The third-order valence-electron chi connectivity index (χ3n) is 14.6. The molecule has 0 aliphatic heterocycles. The number of nitrogens with zero attached hydrogens (tertiary/aromatic N) is 2. The molecule has 0 radical (unpaired) electrons. The highest BCUT2D eigenvalue weighted by molar-refractivity contribution is 6.00. The summed E-state index contributed by atoms with van der Waals surface area (Å²) in [5, 5.41) is 4.85. The molecule has 10 aromatic carbocycles. The zero-order valence-electron chi connectivity index (χ0n) is 41.0. The highest BCUT2D eigenvalue weighted by Gasteiger charge is 2.26. The normalized spacial score (nSPS) is 11.8. The van der Waals surface area contributed by atoms with Crippen LogP contribution in [-0.2, 0) is 10.8 Å². The van der Waals surface area contributed by atoms with E-state index in [0.29, 0.717) is 0 Å². The molecule has 2 heteroatoms. The van der Waals surface area contributed by atoms with Gasteiger partial charge in [0.2, 0.25) is 0 Å². The van der Waals surface area contributed by atoms with Crippen molar-refractivity contribution in [2.24, 2.45) is 0 Å². The van der Waals surface area contributed by atoms with Crippen LogP contribution < -0.4 is 9.80 Å². The molecule has 338 valence electrons. The van der Waals surface area contributed by atoms with E-state index in [4.69, 9.17) is 0 Å². The number of hydrogen-bond donors (Lipinski definition) is 0. The molecule has 0 atom stereocenters. The molecular weight excluding hydrogens is 833 g/mol. The fourth-order valence-electron chi connectivity index (χ4n) is 10.2. The van der Waals surface area contributed by atoms with E-state index in [0.717, 1.165) is 39.7 Å². The summed E-state index contributed by atoms with van der Waals surface area (Å²) in [6, 6.07) is 80.6. The maximum Gasteiger partial charge on any atom is 0.0540 e. The Morgan fingerprint density at radius 1 is 0.362 bits per heavy atom. The third-order valence-corrected chi connectivity index (χ3v) is 14.6. The van der Waals surface area contributed by atoms with Gasteiger partial charge in [-0.1, -0.05) is 204 Å². The fourth-order valence-corrected chi connectivity index (χ4v) is 10.2. The standard InChI is InChI=1S/C67H60N2/c1-9-49-26-30-53(31-27-49)67(7,8)55-34-38-57(39-35-55)69(65-23-15-19-51-17-11-13-21-63(51)65)59-41-43-61(48(4)45-59)60-42-40-58(44-47(60)3)68(64-22-14-18-50-16-10-12-20-62(50)64)56-36-32-54(33-37-56)66(5,6)52-28-24-46(2)25-29-52/h9-45H,1H2,2-8H3. The third kappa shape index (κ3) is 8.53. The van der Waals surface area contributed by atoms with Crippen LogP contribution in [0.5, 0.6) is 0 Å². The first-order valence-corrected chi connectivity index (χ1v) is 24.2. The summed E-state index contributed by atoms with van der Waals surface area (Å²) in [5.74, 6) is 0. The minimum absolute atomic E-state index is 0.144. The van der Waals surface area contributed by atoms with Gasteiger partial charge in [-0.3, -0.25) is 0 Å². The van der Waals surface area contributed by atoms with Gasteiger partial charge in [-0.15, -0.1) is 0 Å². The lowest BCUT2D eigenvalue weighted by atomic mass is 9.78. The molecule has 0 aliphatic carbocycles. The lowest BCUT2D eigenvalue weighted by molar-refractivity contribution is 0.640. The monoisotopic (exact) mass is 892 g/mol. The second-order valence-electron chi connectivity index (χ2n) is 19.7. The maximum atomic E-state index is 3.95. The molecule has 0 bridgehead atoms. The molecule has 10 rings (SSSR count). The van der Waals surface area contributed by atoms with Crippen LogP contribution in [0.3, 0.4) is 0 Å². The van der Waals surface area contributed by atoms with Gasteiger partial charge in [0.25, 0.3) is 0 Å². The van der Waals surface area contributed by atoms with Crippen molar-refractivity contribution in [2.75, 3.05) is 9.80 Å². The summed E-state index contributed by atoms with van der Waals surface area (Å²) in [6.07, 6.45) is 1.90. The van der Waals surface area contributed by atoms with Gasteiger partial charge in [0.15, 0.2) is 0 Å². The van der Waals surface area contributed by atoms with Crippen LogP contribution in [-0.4, -0.2) is 0 Å². The van der Waals surface area contributed by atoms with Crippen LogP contribution in [0.2, 0.25) is 0 Å². The average Bonchev–Trinajstić information content (AvgIpc) is 3.37. The van der Waals surface area contributed by atoms with E-state index in [2.05, 4.69) is 283 Å². The average molecular weight is 893 g/mol. The molecule has 0 fully saturated rings. The Morgan fingerprint density at radius 3 is 1.10 bits per heavy atom. The molecule has 0 saturated heterocycles. The van der Waals surface area contributed by atoms with Crippen LogP contribution in [0, 0.1) is 20.8 Å². The lowest BCUT2D eigenvalue weighted by Crippen LogP contribution is -2.19. The molecule has 0 amide bonds. The van der Waals surface area contributed by atoms with Gasteiger partial charge in [-0.05, 0) is 142 Å². The Kier molecular flexibility index (Phi) is 11.9. The van der Waals surface area contributed by atoms with Gasteiger partial charge in [-0.25, -0.2) is 0 Å². The fraction of sp³-hybridized carbons (Fsp3) is 0.134. The van der Waals surface area contributed by atoms with Gasteiger partial charge in [0, 0.05) is 44.4 Å². The van der Waals surface area contributed by atoms with Crippen LogP contribution in [0.25, 0.3) is 38.7 Å². The molecule has 0 N–H and O–H groups in total. The largest absolute Gasteiger partial charge is 0.310 e. The van der Waals surface area contributed by atoms with Gasteiger partial charge in [0.05, 0.1) is 11.4 Å². The molecule has 0 aliphatic rings. The summed E-state index contributed by atoms with van der Waals surface area (Å²) < 4.78 is 0. The maximum absolute atomic E-state index is 3.95. The van der Waals surface area contributed by atoms with E-state index in [1.165, 1.54) is 71.6 Å². The highest BCUT2D eigenvalue weighted by Crippen LogP contribution is 2.45. The predicted octanol–water partition coefficient (Wildman–Crippen LogP) is 18.8. The van der Waals surface area contributed by atoms with Crippen LogP contribution >= 0.6 is 0 Å². The van der Waals surface area contributed by atoms with Crippen molar-refractivity contribution in [2.45, 2.75) is 59.3 Å². The molecule has 69 heavy (non-hydrogen) atoms. The topological polar surface area (TPSA) is 6.48 Å². The zero-order valence-corrected chi connectivity index (χ0v) is 41.0. The van der Waals surface area contributed by atoms with Gasteiger partial charge >= 0.3 is 0 Å². The van der Waals surface area contributed by atoms with E-state index < -0.39 is 0 Å². The Hall–Kier alpha value is -7.94. The summed E-state index contributed by atoms with van der Waals surface area (Å²) in [5.41, 5.74) is 18.9. The zero-order chi connectivity index (χ0) is 47.9. The summed E-state index contributed by atoms with van der Waals surface area (Å²) in [7, 11) is 0. The molecule has 0 heterocycles. The van der Waals surface area contributed by atoms with Crippen molar-refractivity contribution in [3.63, 3.8) is 0 Å². The van der Waals surface area contributed by atoms with Gasteiger partial charge in [-0.2, -0.15) is 0 Å². The van der Waals surface area contributed by atoms with Gasteiger partial charge in [0.1, 0.15) is 0 Å². The molecule has 0 aromatic heterocycles. The van der Waals surface area contributed by atoms with Gasteiger partial charge < -0.3 is 9.80 Å². The quantitative estimate of drug-likeness (QED) is 0.121. The Balaban J connectivity index is 1.02. The number of rotatable bonds is 12. The van der Waals surface area contributed by atoms with Crippen LogP contribution in [0.4, 0.5) is 34.1 Å². The van der Waals surface area contributed by atoms with Crippen molar-refractivity contribution in [1.29, 1.82) is 0 Å². The highest BCUT2D eigenvalue weighted by atomic mass is 15.1. The van der Waals surface area contributed by atoms with E-state index in [9.17, 15) is 0 Å². The number of hydrogen-bond acceptors (Lipinski definition) is 2. The Morgan fingerprint density at radius 2 is 0.710 bits per heavy atom. The van der Waals surface area contributed by atoms with Crippen molar-refractivity contribution >= 4 is 61.7 Å². The van der Waals surface area contributed by atoms with Crippen LogP contribution in [0.1, 0.15) is 72.2 Å². The SMILES string of the molecule is C=Cc1ccc(C(C)(C)c2ccc(N(c3ccc(-c4ccc(N(c5ccc(C(C)(C)c6ccc(C)cc6)cc5)c5cccc6ccccc56)cc4C)c(C)c3)c3cccc4ccccc34)cc2)cc1. The molecule has 0 spiro atoms. The van der Waals surface area contributed by atoms with Crippen molar-refractivity contribution in [3.8, 4) is 11.1 Å². The lowest BCUT2D eigenvalue weighted by Gasteiger charge is -2.30. The second-order valence-corrected chi connectivity index (χ2v) is 19.7. The number of anilines is 6. The van der Waals surface area contributed by atoms with E-state index >= 15 is 0 Å². The number of aryl methyl sites for hydroxylation is 3. The van der Waals surface area contributed by atoms with E-state index in [-0.39, 0.29) is 10.8 Å². The Bertz CT molecular complexity index is 3460. The molecule has 2 nitrogen and oxygen atoms in total. The smallest absolute Gasteiger partial charge is 0.0540 e. The number of fused-ring (bicyclic) bond motifs is 2. The molecular formula is C67H60N2. The summed E-state index contributed by atoms with van der Waals surface area (Å²) in [4.78, 5) is 4.84. The van der Waals surface area contributed by atoms with Crippen molar-refractivity contribution in [1.82, 2.24) is 0 Å². The van der Waals surface area contributed by atoms with E-state index in [1.54, 1.807) is 0 Å². The minimum atomic E-state index is -0.177. The van der Waals surface area contributed by atoms with E-state index in [1.807, 2.05) is 6.08 Å². The summed E-state index contributed by atoms with van der Waals surface area (Å²) >= 11 is 0. The predicted molar refractivity (Wildman–Crippen MR) is 298 cm³/mol. The van der Waals surface area contributed by atoms with Crippen molar-refractivity contribution < 1.29 is 0 Å². The molecule has 10 aromatic rings. The number of benzene rings is 10. The summed E-state index contributed by atoms with van der Waals surface area (Å²) in [6.45, 7) is 19.8.